The standard InChI is InChI=1S/C10H11N3O3S/c1-17(16)5-4-13-9-3-2-7(10(14)15)6-8(9)11-12-13/h2-3,6H,4-5H2,1H3,(H,14,15). The smallest absolute Gasteiger partial charge is 0.335 e. The number of carbonyl (C=O) groups is 1. The van der Waals surface area contributed by atoms with Crippen LogP contribution in [-0.2, 0) is 17.3 Å². The molecule has 90 valence electrons. The van der Waals surface area contributed by atoms with Crippen molar-refractivity contribution in [2.24, 2.45) is 0 Å². The number of aromatic carboxylic acids is 1. The Labute approximate surface area is 99.7 Å². The van der Waals surface area contributed by atoms with Gasteiger partial charge in [-0.2, -0.15) is 0 Å². The highest BCUT2D eigenvalue weighted by Gasteiger charge is 2.08. The minimum absolute atomic E-state index is 0.184. The summed E-state index contributed by atoms with van der Waals surface area (Å²) in [5.74, 6) is -0.491. The molecule has 0 fully saturated rings. The second-order valence-corrected chi connectivity index (χ2v) is 5.15. The van der Waals surface area contributed by atoms with Crippen molar-refractivity contribution < 1.29 is 14.1 Å². The molecule has 0 amide bonds. The fourth-order valence-electron chi connectivity index (χ4n) is 1.49. The van der Waals surface area contributed by atoms with Crippen LogP contribution in [0.2, 0.25) is 0 Å². The van der Waals surface area contributed by atoms with E-state index in [0.717, 1.165) is 5.52 Å². The van der Waals surface area contributed by atoms with Gasteiger partial charge >= 0.3 is 5.97 Å². The Balaban J connectivity index is 2.34. The van der Waals surface area contributed by atoms with Crippen LogP contribution < -0.4 is 0 Å². The van der Waals surface area contributed by atoms with Crippen LogP contribution in [0, 0.1) is 0 Å². The van der Waals surface area contributed by atoms with E-state index in [0.29, 0.717) is 17.8 Å². The number of benzene rings is 1. The maximum Gasteiger partial charge on any atom is 0.335 e. The number of carboxylic acid groups (broad SMARTS) is 1. The van der Waals surface area contributed by atoms with Crippen molar-refractivity contribution in [3.63, 3.8) is 0 Å². The molecule has 0 aliphatic heterocycles. The lowest BCUT2D eigenvalue weighted by atomic mass is 10.2. The summed E-state index contributed by atoms with van der Waals surface area (Å²) in [5.41, 5.74) is 1.47. The number of rotatable bonds is 4. The molecule has 0 aliphatic carbocycles. The maximum atomic E-state index is 11.0. The van der Waals surface area contributed by atoms with E-state index in [4.69, 9.17) is 5.11 Å². The van der Waals surface area contributed by atoms with E-state index in [-0.39, 0.29) is 5.56 Å². The largest absolute Gasteiger partial charge is 0.478 e. The fourth-order valence-corrected chi connectivity index (χ4v) is 1.92. The molecule has 0 saturated heterocycles. The fraction of sp³-hybridized carbons (Fsp3) is 0.300. The van der Waals surface area contributed by atoms with Gasteiger partial charge in [-0.25, -0.2) is 9.48 Å². The SMILES string of the molecule is CS(=O)CCn1nnc2cc(C(=O)O)ccc21. The zero-order valence-electron chi connectivity index (χ0n) is 9.16. The topological polar surface area (TPSA) is 85.1 Å². The first-order valence-corrected chi connectivity index (χ1v) is 6.67. The van der Waals surface area contributed by atoms with Crippen LogP contribution in [0.5, 0.6) is 0 Å². The lowest BCUT2D eigenvalue weighted by Gasteiger charge is -2.00. The highest BCUT2D eigenvalue weighted by atomic mass is 32.2. The number of carboxylic acids is 1. The second kappa shape index (κ2) is 4.62. The molecule has 7 heteroatoms. The van der Waals surface area contributed by atoms with Crippen molar-refractivity contribution in [3.05, 3.63) is 23.8 Å². The van der Waals surface area contributed by atoms with Crippen LogP contribution in [0.25, 0.3) is 11.0 Å². The molecule has 0 bridgehead atoms. The third-order valence-corrected chi connectivity index (χ3v) is 3.11. The van der Waals surface area contributed by atoms with Gasteiger partial charge in [-0.1, -0.05) is 5.21 Å². The van der Waals surface area contributed by atoms with E-state index in [1.165, 1.54) is 12.1 Å². The van der Waals surface area contributed by atoms with Gasteiger partial charge in [0.1, 0.15) is 5.52 Å². The first-order chi connectivity index (χ1) is 8.08. The van der Waals surface area contributed by atoms with Crippen LogP contribution in [-0.4, -0.2) is 42.3 Å². The normalized spacial score (nSPS) is 12.8. The molecule has 0 radical (unpaired) electrons. The average Bonchev–Trinajstić information content (AvgIpc) is 2.68. The Bertz CT molecular complexity index is 593. The van der Waals surface area contributed by atoms with Crippen molar-refractivity contribution in [1.29, 1.82) is 0 Å². The summed E-state index contributed by atoms with van der Waals surface area (Å²) in [5, 5.41) is 16.6. The van der Waals surface area contributed by atoms with E-state index in [1.807, 2.05) is 0 Å². The molecule has 1 N–H and O–H groups in total. The Hall–Kier alpha value is -1.76. The summed E-state index contributed by atoms with van der Waals surface area (Å²) < 4.78 is 12.6. The van der Waals surface area contributed by atoms with Crippen LogP contribution in [0.15, 0.2) is 18.2 Å². The van der Waals surface area contributed by atoms with Crippen LogP contribution >= 0.6 is 0 Å². The number of nitrogens with zero attached hydrogens (tertiary/aromatic N) is 3. The minimum Gasteiger partial charge on any atom is -0.478 e. The van der Waals surface area contributed by atoms with Gasteiger partial charge in [0.15, 0.2) is 0 Å². The molecule has 17 heavy (non-hydrogen) atoms. The molecule has 1 unspecified atom stereocenters. The monoisotopic (exact) mass is 253 g/mol. The zero-order valence-corrected chi connectivity index (χ0v) is 9.98. The highest BCUT2D eigenvalue weighted by molar-refractivity contribution is 7.84. The van der Waals surface area contributed by atoms with Gasteiger partial charge in [0, 0.05) is 22.8 Å². The summed E-state index contributed by atoms with van der Waals surface area (Å²) in [4.78, 5) is 10.8. The molecule has 0 saturated carbocycles. The number of aromatic nitrogens is 3. The van der Waals surface area contributed by atoms with Gasteiger partial charge in [0.05, 0.1) is 17.6 Å². The molecular formula is C10H11N3O3S. The highest BCUT2D eigenvalue weighted by Crippen LogP contribution is 2.13. The second-order valence-electron chi connectivity index (χ2n) is 3.60. The number of hydrogen-bond acceptors (Lipinski definition) is 4. The van der Waals surface area contributed by atoms with Gasteiger partial charge in [0.25, 0.3) is 0 Å². The molecule has 2 aromatic rings. The van der Waals surface area contributed by atoms with Crippen molar-refractivity contribution in [2.75, 3.05) is 12.0 Å². The van der Waals surface area contributed by atoms with Gasteiger partial charge in [-0.3, -0.25) is 4.21 Å². The Morgan fingerprint density at radius 2 is 2.29 bits per heavy atom. The third kappa shape index (κ3) is 2.50. The van der Waals surface area contributed by atoms with Crippen molar-refractivity contribution >= 4 is 27.8 Å². The van der Waals surface area contributed by atoms with Crippen LogP contribution in [0.4, 0.5) is 0 Å². The summed E-state index contributed by atoms with van der Waals surface area (Å²) in [6, 6.07) is 4.65. The van der Waals surface area contributed by atoms with Gasteiger partial charge in [-0.05, 0) is 18.2 Å². The van der Waals surface area contributed by atoms with Crippen LogP contribution in [0.3, 0.4) is 0 Å². The predicted molar refractivity (Wildman–Crippen MR) is 63.4 cm³/mol. The number of aryl methyl sites for hydroxylation is 1. The zero-order chi connectivity index (χ0) is 12.4. The first-order valence-electron chi connectivity index (χ1n) is 4.94. The van der Waals surface area contributed by atoms with Gasteiger partial charge < -0.3 is 5.11 Å². The predicted octanol–water partition coefficient (Wildman–Crippen LogP) is 0.508. The van der Waals surface area contributed by atoms with Gasteiger partial charge in [0.2, 0.25) is 0 Å². The molecule has 2 rings (SSSR count). The molecule has 1 aromatic carbocycles. The van der Waals surface area contributed by atoms with E-state index >= 15 is 0 Å². The molecule has 1 aromatic heterocycles. The van der Waals surface area contributed by atoms with Crippen molar-refractivity contribution in [1.82, 2.24) is 15.0 Å². The quantitative estimate of drug-likeness (QED) is 0.858. The number of hydrogen-bond donors (Lipinski definition) is 1. The minimum atomic E-state index is -0.990. The number of fused-ring (bicyclic) bond motifs is 1. The molecule has 6 nitrogen and oxygen atoms in total. The third-order valence-electron chi connectivity index (χ3n) is 2.35. The molecule has 0 aliphatic rings. The summed E-state index contributed by atoms with van der Waals surface area (Å²) in [6.45, 7) is 0.506. The molecule has 0 spiro atoms. The Kier molecular flexibility index (Phi) is 3.19. The summed E-state index contributed by atoms with van der Waals surface area (Å²) in [6.07, 6.45) is 1.63. The average molecular weight is 253 g/mol. The van der Waals surface area contributed by atoms with Crippen molar-refractivity contribution in [3.8, 4) is 0 Å². The molecule has 1 heterocycles. The lowest BCUT2D eigenvalue weighted by molar-refractivity contribution is 0.0697. The Morgan fingerprint density at radius 1 is 1.53 bits per heavy atom. The van der Waals surface area contributed by atoms with E-state index in [9.17, 15) is 9.00 Å². The van der Waals surface area contributed by atoms with Crippen molar-refractivity contribution in [2.45, 2.75) is 6.54 Å². The molecule has 1 atom stereocenters. The maximum absolute atomic E-state index is 11.0. The first kappa shape index (κ1) is 11.7. The van der Waals surface area contributed by atoms with Gasteiger partial charge in [-0.15, -0.1) is 5.10 Å². The summed E-state index contributed by atoms with van der Waals surface area (Å²) >= 11 is 0. The molecular weight excluding hydrogens is 242 g/mol. The summed E-state index contributed by atoms with van der Waals surface area (Å²) in [7, 11) is -0.888. The van der Waals surface area contributed by atoms with E-state index in [1.54, 1.807) is 17.0 Å². The van der Waals surface area contributed by atoms with E-state index < -0.39 is 16.8 Å². The van der Waals surface area contributed by atoms with E-state index in [2.05, 4.69) is 10.3 Å². The Morgan fingerprint density at radius 3 is 2.94 bits per heavy atom. The lowest BCUT2D eigenvalue weighted by Crippen LogP contribution is -2.07. The van der Waals surface area contributed by atoms with Crippen LogP contribution in [0.1, 0.15) is 10.4 Å².